The Balaban J connectivity index is 3.17. The molecule has 0 spiro atoms. The maximum atomic E-state index is 13.4. The van der Waals surface area contributed by atoms with Crippen LogP contribution in [0, 0.1) is 11.3 Å². The first-order chi connectivity index (χ1) is 14.5. The monoisotopic (exact) mass is 426 g/mol. The summed E-state index contributed by atoms with van der Waals surface area (Å²) in [4.78, 5) is 13.4. The van der Waals surface area contributed by atoms with E-state index in [1.54, 1.807) is 0 Å². The fraction of sp³-hybridized carbons (Fsp3) is 0.621. The smallest absolute Gasteiger partial charge is 0.164 e. The molecule has 0 fully saturated rings. The molecule has 0 bridgehead atoms. The number of hydrogen-bond donors (Lipinski definition) is 1. The average molecular weight is 427 g/mol. The standard InChI is InChI=1S/C29H46O2/c1-21(2)11-9-13-24(7)17-18-29(27(30)14-10-12-22(3)4)20-26(16-15-23(5)6)25(8)19-28(29)31/h11-12,15,17,19,26-27,30H,9-10,13-14,16,18,20H2,1-8H3/b24-17+/t26-,27?,29-/m1/s1. The summed E-state index contributed by atoms with van der Waals surface area (Å²) in [6.07, 6.45) is 15.8. The molecule has 3 atom stereocenters. The van der Waals surface area contributed by atoms with Crippen LogP contribution < -0.4 is 0 Å². The summed E-state index contributed by atoms with van der Waals surface area (Å²) in [5, 5.41) is 11.3. The van der Waals surface area contributed by atoms with Gasteiger partial charge in [-0.15, -0.1) is 0 Å². The summed E-state index contributed by atoms with van der Waals surface area (Å²) >= 11 is 0. The molecule has 0 saturated heterocycles. The van der Waals surface area contributed by atoms with Crippen molar-refractivity contribution in [3.05, 3.63) is 58.2 Å². The van der Waals surface area contributed by atoms with Crippen LogP contribution in [0.25, 0.3) is 0 Å². The zero-order chi connectivity index (χ0) is 23.6. The lowest BCUT2D eigenvalue weighted by Crippen LogP contribution is -2.45. The molecule has 0 heterocycles. The number of carbonyl (C=O) groups is 1. The van der Waals surface area contributed by atoms with Gasteiger partial charge in [-0.3, -0.25) is 4.79 Å². The minimum absolute atomic E-state index is 0.108. The molecule has 1 rings (SSSR count). The van der Waals surface area contributed by atoms with Gasteiger partial charge in [0.05, 0.1) is 11.5 Å². The summed E-state index contributed by atoms with van der Waals surface area (Å²) in [5.74, 6) is 0.418. The van der Waals surface area contributed by atoms with Crippen LogP contribution in [0.2, 0.25) is 0 Å². The average Bonchev–Trinajstić information content (AvgIpc) is 2.66. The second kappa shape index (κ2) is 13.0. The van der Waals surface area contributed by atoms with E-state index in [9.17, 15) is 9.90 Å². The first kappa shape index (κ1) is 27.4. The number of aliphatic hydroxyl groups excluding tert-OH is 1. The van der Waals surface area contributed by atoms with Crippen LogP contribution in [-0.4, -0.2) is 17.0 Å². The van der Waals surface area contributed by atoms with Crippen LogP contribution in [-0.2, 0) is 4.79 Å². The van der Waals surface area contributed by atoms with Gasteiger partial charge >= 0.3 is 0 Å². The van der Waals surface area contributed by atoms with Crippen molar-refractivity contribution in [2.75, 3.05) is 0 Å². The molecule has 31 heavy (non-hydrogen) atoms. The molecule has 2 nitrogen and oxygen atoms in total. The van der Waals surface area contributed by atoms with Gasteiger partial charge in [0.25, 0.3) is 0 Å². The topological polar surface area (TPSA) is 37.3 Å². The Morgan fingerprint density at radius 2 is 1.58 bits per heavy atom. The van der Waals surface area contributed by atoms with Crippen LogP contribution in [0.15, 0.2) is 58.2 Å². The van der Waals surface area contributed by atoms with Crippen molar-refractivity contribution in [3.63, 3.8) is 0 Å². The van der Waals surface area contributed by atoms with Crippen LogP contribution in [0.3, 0.4) is 0 Å². The molecule has 0 radical (unpaired) electrons. The number of aliphatic hydroxyl groups is 1. The van der Waals surface area contributed by atoms with Crippen LogP contribution >= 0.6 is 0 Å². The highest BCUT2D eigenvalue weighted by molar-refractivity contribution is 5.97. The van der Waals surface area contributed by atoms with Crippen molar-refractivity contribution in [3.8, 4) is 0 Å². The molecule has 0 amide bonds. The van der Waals surface area contributed by atoms with Crippen LogP contribution in [0.1, 0.15) is 100 Å². The zero-order valence-corrected chi connectivity index (χ0v) is 21.3. The van der Waals surface area contributed by atoms with E-state index in [4.69, 9.17) is 0 Å². The number of ketones is 1. The fourth-order valence-electron chi connectivity index (χ4n) is 4.29. The highest BCUT2D eigenvalue weighted by Gasteiger charge is 2.46. The van der Waals surface area contributed by atoms with Gasteiger partial charge in [0.2, 0.25) is 0 Å². The van der Waals surface area contributed by atoms with E-state index >= 15 is 0 Å². The maximum Gasteiger partial charge on any atom is 0.164 e. The number of rotatable bonds is 11. The number of hydrogen-bond acceptors (Lipinski definition) is 2. The lowest BCUT2D eigenvalue weighted by Gasteiger charge is -2.41. The van der Waals surface area contributed by atoms with E-state index in [1.165, 1.54) is 22.3 Å². The molecule has 1 aliphatic rings. The van der Waals surface area contributed by atoms with E-state index in [1.807, 2.05) is 6.08 Å². The van der Waals surface area contributed by atoms with Gasteiger partial charge in [0.1, 0.15) is 0 Å². The normalized spacial score (nSPS) is 22.5. The quantitative estimate of drug-likeness (QED) is 0.339. The predicted molar refractivity (Wildman–Crippen MR) is 135 cm³/mol. The van der Waals surface area contributed by atoms with Crippen molar-refractivity contribution in [1.82, 2.24) is 0 Å². The third-order valence-corrected chi connectivity index (χ3v) is 6.45. The van der Waals surface area contributed by atoms with Gasteiger partial charge in [-0.05, 0) is 112 Å². The Morgan fingerprint density at radius 3 is 2.16 bits per heavy atom. The van der Waals surface area contributed by atoms with Gasteiger partial charge in [-0.2, -0.15) is 0 Å². The Morgan fingerprint density at radius 1 is 1.00 bits per heavy atom. The third-order valence-electron chi connectivity index (χ3n) is 6.45. The van der Waals surface area contributed by atoms with Crippen LogP contribution in [0.4, 0.5) is 0 Å². The van der Waals surface area contributed by atoms with Gasteiger partial charge < -0.3 is 5.11 Å². The molecule has 0 saturated carbocycles. The highest BCUT2D eigenvalue weighted by atomic mass is 16.3. The molecule has 0 aromatic heterocycles. The molecule has 2 heteroatoms. The minimum Gasteiger partial charge on any atom is -0.392 e. The molecule has 174 valence electrons. The van der Waals surface area contributed by atoms with Crippen LogP contribution in [0.5, 0.6) is 0 Å². The zero-order valence-electron chi connectivity index (χ0n) is 21.3. The molecule has 1 aliphatic carbocycles. The Bertz CT molecular complexity index is 748. The fourth-order valence-corrected chi connectivity index (χ4v) is 4.29. The predicted octanol–water partition coefficient (Wildman–Crippen LogP) is 8.05. The molecule has 0 aromatic carbocycles. The van der Waals surface area contributed by atoms with E-state index in [2.05, 4.69) is 79.7 Å². The van der Waals surface area contributed by atoms with Crippen molar-refractivity contribution in [2.24, 2.45) is 11.3 Å². The third kappa shape index (κ3) is 9.15. The van der Waals surface area contributed by atoms with Crippen molar-refractivity contribution >= 4 is 5.78 Å². The van der Waals surface area contributed by atoms with Crippen molar-refractivity contribution in [2.45, 2.75) is 106 Å². The summed E-state index contributed by atoms with van der Waals surface area (Å²) < 4.78 is 0. The van der Waals surface area contributed by atoms with E-state index in [-0.39, 0.29) is 5.78 Å². The lowest BCUT2D eigenvalue weighted by molar-refractivity contribution is -0.133. The lowest BCUT2D eigenvalue weighted by atomic mass is 9.63. The number of carbonyl (C=O) groups excluding carboxylic acids is 1. The summed E-state index contributed by atoms with van der Waals surface area (Å²) in [6.45, 7) is 16.9. The van der Waals surface area contributed by atoms with Gasteiger partial charge in [-0.1, -0.05) is 52.2 Å². The Hall–Kier alpha value is -1.67. The minimum atomic E-state index is -0.715. The van der Waals surface area contributed by atoms with E-state index in [0.717, 1.165) is 37.7 Å². The second-order valence-electron chi connectivity index (χ2n) is 10.3. The van der Waals surface area contributed by atoms with E-state index < -0.39 is 11.5 Å². The molecule has 0 aliphatic heterocycles. The SMILES string of the molecule is CC(C)=CCC/C(C)=C/C[C@]1(C(O)CCC=C(C)C)C[C@@H](CC=C(C)C)C(C)=CC1=O. The molecule has 0 aromatic rings. The Labute approximate surface area is 191 Å². The summed E-state index contributed by atoms with van der Waals surface area (Å²) in [5.41, 5.74) is 5.63. The molecule has 1 unspecified atom stereocenters. The maximum absolute atomic E-state index is 13.4. The van der Waals surface area contributed by atoms with Crippen molar-refractivity contribution in [1.29, 1.82) is 0 Å². The Kier molecular flexibility index (Phi) is 11.5. The molecular weight excluding hydrogens is 380 g/mol. The second-order valence-corrected chi connectivity index (χ2v) is 10.3. The van der Waals surface area contributed by atoms with Crippen molar-refractivity contribution < 1.29 is 9.90 Å². The van der Waals surface area contributed by atoms with Gasteiger partial charge in [-0.25, -0.2) is 0 Å². The largest absolute Gasteiger partial charge is 0.392 e. The summed E-state index contributed by atoms with van der Waals surface area (Å²) in [7, 11) is 0. The first-order valence-corrected chi connectivity index (χ1v) is 11.9. The molecule has 1 N–H and O–H groups in total. The van der Waals surface area contributed by atoms with E-state index in [0.29, 0.717) is 18.8 Å². The van der Waals surface area contributed by atoms with Gasteiger partial charge in [0, 0.05) is 0 Å². The van der Waals surface area contributed by atoms with Gasteiger partial charge in [0.15, 0.2) is 5.78 Å². The summed E-state index contributed by atoms with van der Waals surface area (Å²) in [6, 6.07) is 0. The number of allylic oxidation sites excluding steroid dienone is 10. The highest BCUT2D eigenvalue weighted by Crippen LogP contribution is 2.45. The molecular formula is C29H46O2. The first-order valence-electron chi connectivity index (χ1n) is 11.9.